The number of aromatic nitrogens is 1. The van der Waals surface area contributed by atoms with Crippen LogP contribution in [-0.4, -0.2) is 67.7 Å². The summed E-state index contributed by atoms with van der Waals surface area (Å²) < 4.78 is 0. The zero-order chi connectivity index (χ0) is 31.9. The van der Waals surface area contributed by atoms with Crippen molar-refractivity contribution in [3.8, 4) is 0 Å². The maximum Gasteiger partial charge on any atom is 0.303 e. The summed E-state index contributed by atoms with van der Waals surface area (Å²) in [4.78, 5) is 56.8. The molecule has 5 rings (SSSR count). The number of carboxylic acid groups (broad SMARTS) is 2. The molecule has 0 aliphatic carbocycles. The first kappa shape index (κ1) is 31.8. The maximum atomic E-state index is 12.6. The molecule has 44 heavy (non-hydrogen) atoms. The van der Waals surface area contributed by atoms with Gasteiger partial charge in [0, 0.05) is 66.2 Å². The third-order valence-electron chi connectivity index (χ3n) is 9.79. The Hall–Kier alpha value is -3.60. The molecule has 0 radical (unpaired) electrons. The van der Waals surface area contributed by atoms with E-state index in [1.54, 1.807) is 0 Å². The highest BCUT2D eigenvalue weighted by atomic mass is 32.2. The van der Waals surface area contributed by atoms with Crippen LogP contribution in [0.5, 0.6) is 0 Å². The Morgan fingerprint density at radius 1 is 1.02 bits per heavy atom. The first-order chi connectivity index (χ1) is 20.9. The molecule has 0 bridgehead atoms. The number of amides is 2. The van der Waals surface area contributed by atoms with Crippen LogP contribution in [0.4, 0.5) is 0 Å². The molecule has 5 atom stereocenters. The summed E-state index contributed by atoms with van der Waals surface area (Å²) in [6, 6.07) is -0.302. The molecular weight excluding hydrogens is 580 g/mol. The average Bonchev–Trinajstić information content (AvgIpc) is 3.53. The SMILES string of the molecule is CCC1=C(C)/C(=C/C2=NC(Cc3[nH]c(CC4NC(=O)[C@H](C)[C@H]4[C@H]4C[SH+]4)c(C)c3CCC(=O)O)C(CCC(=O)O)=C2C)NC1=O. The first-order valence-corrected chi connectivity index (χ1v) is 16.6. The third-order valence-corrected chi connectivity index (χ3v) is 10.9. The van der Waals surface area contributed by atoms with Gasteiger partial charge < -0.3 is 25.8 Å². The van der Waals surface area contributed by atoms with Crippen molar-refractivity contribution >= 4 is 41.2 Å². The number of nitrogens with one attached hydrogen (secondary N) is 3. The van der Waals surface area contributed by atoms with Gasteiger partial charge in [-0.1, -0.05) is 13.8 Å². The molecule has 0 saturated carbocycles. The Balaban J connectivity index is 1.47. The number of aliphatic imine (C=N–C) groups is 1. The molecular formula is C33H43N4O6S+. The molecule has 5 heterocycles. The fourth-order valence-corrected chi connectivity index (χ4v) is 8.22. The minimum atomic E-state index is -0.886. The van der Waals surface area contributed by atoms with Crippen LogP contribution in [0, 0.1) is 18.8 Å². The van der Waals surface area contributed by atoms with Gasteiger partial charge in [0.1, 0.15) is 0 Å². The zero-order valence-electron chi connectivity index (χ0n) is 26.0. The largest absolute Gasteiger partial charge is 0.481 e. The Kier molecular flexibility index (Phi) is 9.25. The van der Waals surface area contributed by atoms with Crippen LogP contribution in [0.2, 0.25) is 0 Å². The summed E-state index contributed by atoms with van der Waals surface area (Å²) in [6.07, 6.45) is 4.29. The molecule has 1 aromatic rings. The molecule has 5 N–H and O–H groups in total. The summed E-state index contributed by atoms with van der Waals surface area (Å²) in [5.74, 6) is -0.387. The Morgan fingerprint density at radius 2 is 1.70 bits per heavy atom. The van der Waals surface area contributed by atoms with E-state index in [9.17, 15) is 29.4 Å². The minimum Gasteiger partial charge on any atom is -0.481 e. The van der Waals surface area contributed by atoms with E-state index >= 15 is 0 Å². The molecule has 2 unspecified atom stereocenters. The number of aliphatic carboxylic acids is 2. The monoisotopic (exact) mass is 623 g/mol. The standard InChI is InChI=1S/C33H42N4O6S/c1-6-19-15(2)24(36-33(19)43)11-22-16(3)20(7-9-29(38)39)25(34-22)13-26-21(8-10-30(40)41)17(4)23(35-26)12-27-31(28-14-44-28)18(5)32(42)37-27/h11,18,25,27-28,31,35H,6-10,12-14H2,1-5H3,(H,36,43)(H,37,42)(H,38,39)(H,40,41)/p+1/b24-11-/t18-,25?,27?,28-,31-/m1/s1. The van der Waals surface area contributed by atoms with Crippen molar-refractivity contribution in [2.45, 2.75) is 96.9 Å². The van der Waals surface area contributed by atoms with Crippen molar-refractivity contribution in [3.63, 3.8) is 0 Å². The number of nitrogens with zero attached hydrogens (tertiary/aromatic N) is 1. The normalized spacial score (nSPS) is 27.3. The van der Waals surface area contributed by atoms with E-state index in [-0.39, 0.29) is 48.6 Å². The van der Waals surface area contributed by atoms with Gasteiger partial charge in [-0.3, -0.25) is 24.2 Å². The van der Waals surface area contributed by atoms with Crippen LogP contribution >= 0.6 is 0 Å². The predicted molar refractivity (Wildman–Crippen MR) is 171 cm³/mol. The van der Waals surface area contributed by atoms with Gasteiger partial charge in [-0.15, -0.1) is 0 Å². The van der Waals surface area contributed by atoms with Crippen LogP contribution in [0.3, 0.4) is 0 Å². The third kappa shape index (κ3) is 6.43. The van der Waals surface area contributed by atoms with Crippen molar-refractivity contribution in [1.82, 2.24) is 15.6 Å². The summed E-state index contributed by atoms with van der Waals surface area (Å²) in [5.41, 5.74) is 8.76. The average molecular weight is 624 g/mol. The van der Waals surface area contributed by atoms with Crippen LogP contribution in [-0.2, 0) is 50.2 Å². The van der Waals surface area contributed by atoms with Crippen molar-refractivity contribution in [1.29, 1.82) is 0 Å². The number of H-pyrrole nitrogens is 1. The van der Waals surface area contributed by atoms with E-state index in [0.717, 1.165) is 50.6 Å². The predicted octanol–water partition coefficient (Wildman–Crippen LogP) is 3.12. The highest BCUT2D eigenvalue weighted by molar-refractivity contribution is 7.86. The number of rotatable bonds is 13. The number of carboxylic acids is 2. The lowest BCUT2D eigenvalue weighted by Gasteiger charge is -2.17. The Labute approximate surface area is 261 Å². The number of aromatic amines is 1. The van der Waals surface area contributed by atoms with Gasteiger partial charge in [0.2, 0.25) is 5.91 Å². The van der Waals surface area contributed by atoms with Crippen molar-refractivity contribution < 1.29 is 29.4 Å². The highest BCUT2D eigenvalue weighted by Gasteiger charge is 2.54. The molecule has 0 aromatic carbocycles. The Bertz CT molecular complexity index is 1530. The van der Waals surface area contributed by atoms with Crippen LogP contribution in [0.25, 0.3) is 0 Å². The van der Waals surface area contributed by atoms with Crippen LogP contribution < -0.4 is 10.6 Å². The molecule has 4 aliphatic rings. The second-order valence-corrected chi connectivity index (χ2v) is 13.8. The summed E-state index contributed by atoms with van der Waals surface area (Å²) in [6.45, 7) is 9.83. The number of allylic oxidation sites excluding steroid dienone is 3. The molecule has 2 fully saturated rings. The van der Waals surface area contributed by atoms with E-state index in [4.69, 9.17) is 4.99 Å². The van der Waals surface area contributed by atoms with Gasteiger partial charge in [-0.2, -0.15) is 0 Å². The van der Waals surface area contributed by atoms with Crippen LogP contribution in [0.1, 0.15) is 75.9 Å². The van der Waals surface area contributed by atoms with Gasteiger partial charge in [0.25, 0.3) is 5.91 Å². The van der Waals surface area contributed by atoms with E-state index < -0.39 is 11.9 Å². The van der Waals surface area contributed by atoms with E-state index in [1.165, 1.54) is 11.8 Å². The van der Waals surface area contributed by atoms with E-state index in [2.05, 4.69) is 15.6 Å². The lowest BCUT2D eigenvalue weighted by Crippen LogP contribution is -2.33. The lowest BCUT2D eigenvalue weighted by molar-refractivity contribution is -0.138. The molecule has 11 heteroatoms. The van der Waals surface area contributed by atoms with Gasteiger partial charge in [0.15, 0.2) is 11.0 Å². The van der Waals surface area contributed by atoms with E-state index in [1.807, 2.05) is 40.7 Å². The molecule has 236 valence electrons. The molecule has 4 aliphatic heterocycles. The maximum absolute atomic E-state index is 12.6. The molecule has 2 amide bonds. The fourth-order valence-electron chi connectivity index (χ4n) is 7.15. The van der Waals surface area contributed by atoms with Gasteiger partial charge in [0.05, 0.1) is 11.8 Å². The summed E-state index contributed by atoms with van der Waals surface area (Å²) in [5, 5.41) is 25.7. The second-order valence-electron chi connectivity index (χ2n) is 12.4. The second kappa shape index (κ2) is 12.8. The smallest absolute Gasteiger partial charge is 0.303 e. The van der Waals surface area contributed by atoms with Crippen molar-refractivity contribution in [2.24, 2.45) is 16.8 Å². The minimum absolute atomic E-state index is 0.0109. The topological polar surface area (TPSA) is 161 Å². The fraction of sp³-hybridized carbons (Fsp3) is 0.545. The molecule has 10 nitrogen and oxygen atoms in total. The summed E-state index contributed by atoms with van der Waals surface area (Å²) >= 11 is 1.40. The molecule has 0 spiro atoms. The number of hydrogen-bond acceptors (Lipinski definition) is 5. The zero-order valence-corrected chi connectivity index (χ0v) is 26.9. The van der Waals surface area contributed by atoms with E-state index in [0.29, 0.717) is 48.8 Å². The van der Waals surface area contributed by atoms with Crippen molar-refractivity contribution in [3.05, 3.63) is 56.6 Å². The van der Waals surface area contributed by atoms with Crippen LogP contribution in [0.15, 0.2) is 39.1 Å². The van der Waals surface area contributed by atoms with Gasteiger partial charge in [-0.25, -0.2) is 0 Å². The van der Waals surface area contributed by atoms with Gasteiger partial charge >= 0.3 is 11.9 Å². The highest BCUT2D eigenvalue weighted by Crippen LogP contribution is 2.37. The number of thiol groups is 1. The number of hydrogen-bond donors (Lipinski definition) is 5. The molecule has 1 aromatic heterocycles. The quantitative estimate of drug-likeness (QED) is 0.129. The first-order valence-electron chi connectivity index (χ1n) is 15.5. The summed E-state index contributed by atoms with van der Waals surface area (Å²) in [7, 11) is 0. The molecule has 2 saturated heterocycles. The van der Waals surface area contributed by atoms with Crippen molar-refractivity contribution in [2.75, 3.05) is 5.75 Å². The number of carbonyl (C=O) groups is 4. The van der Waals surface area contributed by atoms with Gasteiger partial charge in [-0.05, 0) is 85.7 Å². The lowest BCUT2D eigenvalue weighted by atomic mass is 9.86. The Morgan fingerprint density at radius 3 is 2.32 bits per heavy atom. The number of carbonyl (C=O) groups excluding carboxylic acids is 2.